The van der Waals surface area contributed by atoms with Crippen molar-refractivity contribution >= 4 is 23.2 Å². The van der Waals surface area contributed by atoms with Gasteiger partial charge in [-0.1, -0.05) is 30.1 Å². The Kier molecular flexibility index (Phi) is 6.43. The fraction of sp³-hybridized carbons (Fsp3) is 0.600. The Hall–Kier alpha value is -0.480. The minimum Gasteiger partial charge on any atom is -0.491 e. The molecule has 1 aromatic carbocycles. The van der Waals surface area contributed by atoms with Crippen LogP contribution in [0.1, 0.15) is 19.8 Å². The zero-order chi connectivity index (χ0) is 14.4. The van der Waals surface area contributed by atoms with Crippen LogP contribution in [0.2, 0.25) is 10.0 Å². The Morgan fingerprint density at radius 3 is 2.70 bits per heavy atom. The number of ether oxygens (including phenoxy) is 1. The molecule has 1 aliphatic heterocycles. The largest absolute Gasteiger partial charge is 0.491 e. The SMILES string of the molecule is CCN(CCOc1ccc(Cl)cc1Cl)C1CCNCC1. The van der Waals surface area contributed by atoms with Crippen LogP contribution in [0.15, 0.2) is 18.2 Å². The van der Waals surface area contributed by atoms with Crippen molar-refractivity contribution in [1.82, 2.24) is 10.2 Å². The summed E-state index contributed by atoms with van der Waals surface area (Å²) in [5, 5.41) is 4.60. The van der Waals surface area contributed by atoms with Gasteiger partial charge in [0.25, 0.3) is 0 Å². The van der Waals surface area contributed by atoms with Crippen molar-refractivity contribution in [2.45, 2.75) is 25.8 Å². The fourth-order valence-corrected chi connectivity index (χ4v) is 3.10. The quantitative estimate of drug-likeness (QED) is 0.870. The molecular weight excluding hydrogens is 295 g/mol. The first-order chi connectivity index (χ1) is 9.70. The lowest BCUT2D eigenvalue weighted by molar-refractivity contribution is 0.141. The molecule has 20 heavy (non-hydrogen) atoms. The third-order valence-corrected chi connectivity index (χ3v) is 4.29. The normalized spacial score (nSPS) is 16.6. The van der Waals surface area contributed by atoms with Gasteiger partial charge in [0.05, 0.1) is 5.02 Å². The molecule has 0 bridgehead atoms. The maximum atomic E-state index is 6.10. The molecule has 0 unspecified atom stereocenters. The van der Waals surface area contributed by atoms with E-state index < -0.39 is 0 Å². The van der Waals surface area contributed by atoms with E-state index in [2.05, 4.69) is 17.1 Å². The molecule has 0 radical (unpaired) electrons. The van der Waals surface area contributed by atoms with Crippen molar-refractivity contribution in [3.63, 3.8) is 0 Å². The summed E-state index contributed by atoms with van der Waals surface area (Å²) < 4.78 is 5.77. The van der Waals surface area contributed by atoms with Gasteiger partial charge in [-0.15, -0.1) is 0 Å². The summed E-state index contributed by atoms with van der Waals surface area (Å²) in [6, 6.07) is 6.01. The van der Waals surface area contributed by atoms with Crippen molar-refractivity contribution < 1.29 is 4.74 Å². The highest BCUT2D eigenvalue weighted by molar-refractivity contribution is 6.35. The molecule has 1 heterocycles. The molecule has 0 aromatic heterocycles. The average molecular weight is 317 g/mol. The summed E-state index contributed by atoms with van der Waals surface area (Å²) in [7, 11) is 0. The van der Waals surface area contributed by atoms with Crippen molar-refractivity contribution in [2.24, 2.45) is 0 Å². The standard InChI is InChI=1S/C15H22Cl2N2O/c1-2-19(13-5-7-18-8-6-13)9-10-20-15-4-3-12(16)11-14(15)17/h3-4,11,13,18H,2,5-10H2,1H3. The Morgan fingerprint density at radius 2 is 2.05 bits per heavy atom. The van der Waals surface area contributed by atoms with Gasteiger partial charge >= 0.3 is 0 Å². The number of likely N-dealkylation sites (N-methyl/N-ethyl adjacent to an activating group) is 1. The zero-order valence-corrected chi connectivity index (χ0v) is 13.4. The predicted molar refractivity (Wildman–Crippen MR) is 85.1 cm³/mol. The van der Waals surface area contributed by atoms with Crippen LogP contribution in [0.25, 0.3) is 0 Å². The Morgan fingerprint density at radius 1 is 1.30 bits per heavy atom. The molecule has 1 saturated heterocycles. The van der Waals surface area contributed by atoms with Crippen LogP contribution in [0.3, 0.4) is 0 Å². The summed E-state index contributed by atoms with van der Waals surface area (Å²) in [5.41, 5.74) is 0. The topological polar surface area (TPSA) is 24.5 Å². The summed E-state index contributed by atoms with van der Waals surface area (Å²) in [5.74, 6) is 0.706. The van der Waals surface area contributed by atoms with Gasteiger partial charge in [0.1, 0.15) is 12.4 Å². The van der Waals surface area contributed by atoms with Crippen molar-refractivity contribution in [2.75, 3.05) is 32.8 Å². The minimum absolute atomic E-state index is 0.572. The van der Waals surface area contributed by atoms with E-state index in [0.717, 1.165) is 26.2 Å². The molecule has 5 heteroatoms. The van der Waals surface area contributed by atoms with E-state index >= 15 is 0 Å². The number of rotatable bonds is 6. The molecular formula is C15H22Cl2N2O. The second-order valence-electron chi connectivity index (χ2n) is 5.03. The van der Waals surface area contributed by atoms with Crippen molar-refractivity contribution in [3.8, 4) is 5.75 Å². The number of nitrogens with zero attached hydrogens (tertiary/aromatic N) is 1. The lowest BCUT2D eigenvalue weighted by Crippen LogP contribution is -2.44. The Balaban J connectivity index is 1.81. The van der Waals surface area contributed by atoms with Gasteiger partial charge in [-0.2, -0.15) is 0 Å². The highest BCUT2D eigenvalue weighted by Crippen LogP contribution is 2.27. The van der Waals surface area contributed by atoms with Gasteiger partial charge in [-0.05, 0) is 50.7 Å². The summed E-state index contributed by atoms with van der Waals surface area (Å²) in [6.07, 6.45) is 2.44. The summed E-state index contributed by atoms with van der Waals surface area (Å²) in [4.78, 5) is 2.49. The van der Waals surface area contributed by atoms with Gasteiger partial charge in [0, 0.05) is 17.6 Å². The van der Waals surface area contributed by atoms with Gasteiger partial charge < -0.3 is 10.1 Å². The maximum absolute atomic E-state index is 6.10. The van der Waals surface area contributed by atoms with E-state index in [0.29, 0.717) is 28.4 Å². The van der Waals surface area contributed by atoms with Gasteiger partial charge in [0.2, 0.25) is 0 Å². The zero-order valence-electron chi connectivity index (χ0n) is 11.9. The Bertz CT molecular complexity index is 422. The fourth-order valence-electron chi connectivity index (χ4n) is 2.64. The van der Waals surface area contributed by atoms with Crippen LogP contribution in [0.5, 0.6) is 5.75 Å². The molecule has 3 nitrogen and oxygen atoms in total. The molecule has 1 N–H and O–H groups in total. The molecule has 1 aromatic rings. The third-order valence-electron chi connectivity index (χ3n) is 3.76. The number of benzene rings is 1. The smallest absolute Gasteiger partial charge is 0.138 e. The van der Waals surface area contributed by atoms with Gasteiger partial charge in [0.15, 0.2) is 0 Å². The summed E-state index contributed by atoms with van der Waals surface area (Å²) >= 11 is 12.0. The van der Waals surface area contributed by atoms with Gasteiger partial charge in [-0.3, -0.25) is 4.90 Å². The molecule has 1 fully saturated rings. The molecule has 1 aliphatic rings. The third kappa shape index (κ3) is 4.52. The van der Waals surface area contributed by atoms with Crippen LogP contribution in [0, 0.1) is 0 Å². The number of nitrogens with one attached hydrogen (secondary N) is 1. The van der Waals surface area contributed by atoms with E-state index in [4.69, 9.17) is 27.9 Å². The number of hydrogen-bond acceptors (Lipinski definition) is 3. The monoisotopic (exact) mass is 316 g/mol. The molecule has 0 atom stereocenters. The second kappa shape index (κ2) is 8.08. The molecule has 0 aliphatic carbocycles. The molecule has 0 saturated carbocycles. The van der Waals surface area contributed by atoms with Crippen LogP contribution in [-0.2, 0) is 0 Å². The van der Waals surface area contributed by atoms with Crippen LogP contribution in [0.4, 0.5) is 0 Å². The average Bonchev–Trinajstić information content (AvgIpc) is 2.46. The minimum atomic E-state index is 0.572. The van der Waals surface area contributed by atoms with Crippen LogP contribution < -0.4 is 10.1 Å². The van der Waals surface area contributed by atoms with E-state index in [9.17, 15) is 0 Å². The highest BCUT2D eigenvalue weighted by Gasteiger charge is 2.19. The van der Waals surface area contributed by atoms with E-state index in [-0.39, 0.29) is 0 Å². The number of piperidine rings is 1. The first-order valence-electron chi connectivity index (χ1n) is 7.23. The lowest BCUT2D eigenvalue weighted by atomic mass is 10.1. The first kappa shape index (κ1) is 15.9. The molecule has 2 rings (SSSR count). The van der Waals surface area contributed by atoms with Crippen molar-refractivity contribution in [1.29, 1.82) is 0 Å². The first-order valence-corrected chi connectivity index (χ1v) is 7.99. The number of hydrogen-bond donors (Lipinski definition) is 1. The van der Waals surface area contributed by atoms with Crippen molar-refractivity contribution in [3.05, 3.63) is 28.2 Å². The Labute approximate surface area is 131 Å². The number of halogens is 2. The molecule has 0 amide bonds. The lowest BCUT2D eigenvalue weighted by Gasteiger charge is -2.33. The van der Waals surface area contributed by atoms with E-state index in [1.165, 1.54) is 12.8 Å². The molecule has 0 spiro atoms. The van der Waals surface area contributed by atoms with Crippen LogP contribution in [-0.4, -0.2) is 43.7 Å². The molecule has 112 valence electrons. The van der Waals surface area contributed by atoms with Crippen LogP contribution >= 0.6 is 23.2 Å². The van der Waals surface area contributed by atoms with E-state index in [1.54, 1.807) is 12.1 Å². The summed E-state index contributed by atoms with van der Waals surface area (Å²) in [6.45, 7) is 7.08. The van der Waals surface area contributed by atoms with Gasteiger partial charge in [-0.25, -0.2) is 0 Å². The predicted octanol–water partition coefficient (Wildman–Crippen LogP) is 3.45. The highest BCUT2D eigenvalue weighted by atomic mass is 35.5. The second-order valence-corrected chi connectivity index (χ2v) is 5.88. The maximum Gasteiger partial charge on any atom is 0.138 e. The van der Waals surface area contributed by atoms with E-state index in [1.807, 2.05) is 6.07 Å².